The Morgan fingerprint density at radius 1 is 0.783 bits per heavy atom. The van der Waals surface area contributed by atoms with Gasteiger partial charge in [-0.3, -0.25) is 9.98 Å². The second kappa shape index (κ2) is 16.2. The van der Waals surface area contributed by atoms with Gasteiger partial charge in [0.1, 0.15) is 0 Å². The first-order valence-electron chi connectivity index (χ1n) is 21.5. The van der Waals surface area contributed by atoms with Gasteiger partial charge in [0.2, 0.25) is 0 Å². The second-order valence-corrected chi connectivity index (χ2v) is 16.8. The smallest absolute Gasteiger partial charge is 0.155 e. The third-order valence-corrected chi connectivity index (χ3v) is 13.0. The molecule has 5 aromatic rings. The van der Waals surface area contributed by atoms with E-state index < -0.39 is 0 Å². The van der Waals surface area contributed by atoms with Crippen LogP contribution in [0.3, 0.4) is 0 Å². The molecule has 4 unspecified atom stereocenters. The van der Waals surface area contributed by atoms with Crippen molar-refractivity contribution in [3.8, 4) is 0 Å². The predicted molar refractivity (Wildman–Crippen MR) is 254 cm³/mol. The molecule has 0 amide bonds. The molecule has 4 atom stereocenters. The number of aliphatic imine (C=N–C) groups is 2. The minimum Gasteiger partial charge on any atom is -0.263 e. The Kier molecular flexibility index (Phi) is 10.1. The van der Waals surface area contributed by atoms with Crippen LogP contribution in [0, 0.1) is 11.8 Å². The molecule has 0 saturated carbocycles. The Hall–Kier alpha value is -6.71. The molecule has 10 rings (SSSR count). The van der Waals surface area contributed by atoms with Crippen LogP contribution < -0.4 is 10.4 Å². The number of nitrogens with zero attached hydrogens (tertiary/aromatic N) is 3. The van der Waals surface area contributed by atoms with Gasteiger partial charge in [-0.2, -0.15) is 0 Å². The Morgan fingerprint density at radius 2 is 1.62 bits per heavy atom. The highest BCUT2D eigenvalue weighted by atomic mass is 14.9. The van der Waals surface area contributed by atoms with E-state index in [4.69, 9.17) is 9.98 Å². The summed E-state index contributed by atoms with van der Waals surface area (Å²) >= 11 is 0. The number of aromatic nitrogens is 1. The van der Waals surface area contributed by atoms with Crippen LogP contribution in [0.2, 0.25) is 0 Å². The summed E-state index contributed by atoms with van der Waals surface area (Å²) in [7, 11) is 0. The van der Waals surface area contributed by atoms with Crippen molar-refractivity contribution in [3.63, 3.8) is 0 Å². The third-order valence-electron chi connectivity index (χ3n) is 13.0. The molecule has 1 heterocycles. The van der Waals surface area contributed by atoms with Crippen molar-refractivity contribution in [2.45, 2.75) is 51.5 Å². The quantitative estimate of drug-likeness (QED) is 0.120. The molecule has 3 nitrogen and oxygen atoms in total. The van der Waals surface area contributed by atoms with E-state index in [1.165, 1.54) is 71.5 Å². The summed E-state index contributed by atoms with van der Waals surface area (Å²) < 4.78 is 0. The molecule has 60 heavy (non-hydrogen) atoms. The van der Waals surface area contributed by atoms with Crippen molar-refractivity contribution in [1.29, 1.82) is 0 Å². The zero-order chi connectivity index (χ0) is 40.6. The van der Waals surface area contributed by atoms with Crippen LogP contribution in [0.5, 0.6) is 0 Å². The minimum absolute atomic E-state index is 0.0156. The van der Waals surface area contributed by atoms with Gasteiger partial charge in [-0.15, -0.1) is 0 Å². The van der Waals surface area contributed by atoms with E-state index in [1.807, 2.05) is 12.4 Å². The second-order valence-electron chi connectivity index (χ2n) is 16.8. The molecule has 0 bridgehead atoms. The molecule has 0 N–H and O–H groups in total. The van der Waals surface area contributed by atoms with Gasteiger partial charge in [-0.25, -0.2) is 4.99 Å². The summed E-state index contributed by atoms with van der Waals surface area (Å²) in [5.41, 5.74) is 14.8. The average Bonchev–Trinajstić information content (AvgIpc) is 3.31. The molecule has 292 valence electrons. The first-order valence-corrected chi connectivity index (χ1v) is 21.5. The van der Waals surface area contributed by atoms with Crippen LogP contribution >= 0.6 is 0 Å². The Morgan fingerprint density at radius 3 is 2.48 bits per heavy atom. The Labute approximate surface area is 353 Å². The fourth-order valence-corrected chi connectivity index (χ4v) is 9.59. The van der Waals surface area contributed by atoms with Gasteiger partial charge in [-0.1, -0.05) is 170 Å². The maximum atomic E-state index is 5.47. The molecule has 0 fully saturated rings. The number of allylic oxidation sites excluding steroid dienone is 13. The lowest BCUT2D eigenvalue weighted by atomic mass is 9.80. The van der Waals surface area contributed by atoms with Crippen molar-refractivity contribution in [1.82, 2.24) is 4.98 Å². The number of amidine groups is 1. The van der Waals surface area contributed by atoms with E-state index in [-0.39, 0.29) is 17.9 Å². The van der Waals surface area contributed by atoms with Crippen LogP contribution in [-0.4, -0.2) is 22.6 Å². The van der Waals surface area contributed by atoms with Crippen molar-refractivity contribution in [2.24, 2.45) is 21.8 Å². The lowest BCUT2D eigenvalue weighted by Crippen LogP contribution is -2.35. The van der Waals surface area contributed by atoms with E-state index in [1.54, 1.807) is 0 Å². The topological polar surface area (TPSA) is 37.6 Å². The van der Waals surface area contributed by atoms with Gasteiger partial charge in [0.05, 0.1) is 6.04 Å². The fraction of sp³-hybridized carbons (Fsp3) is 0.175. The van der Waals surface area contributed by atoms with Crippen molar-refractivity contribution in [2.75, 3.05) is 0 Å². The van der Waals surface area contributed by atoms with E-state index >= 15 is 0 Å². The van der Waals surface area contributed by atoms with E-state index in [2.05, 4.69) is 189 Å². The molecule has 1 aromatic heterocycles. The maximum Gasteiger partial charge on any atom is 0.155 e. The highest BCUT2D eigenvalue weighted by molar-refractivity contribution is 6.11. The zero-order valence-corrected chi connectivity index (χ0v) is 34.4. The number of benzene rings is 4. The zero-order valence-electron chi connectivity index (χ0n) is 34.4. The van der Waals surface area contributed by atoms with Gasteiger partial charge in [-0.05, 0) is 105 Å². The number of hydrogen-bond acceptors (Lipinski definition) is 2. The average molecular weight is 776 g/mol. The molecule has 0 spiro atoms. The molecule has 3 heteroatoms. The van der Waals surface area contributed by atoms with Crippen LogP contribution in [-0.2, 0) is 0 Å². The summed E-state index contributed by atoms with van der Waals surface area (Å²) in [5, 5.41) is 5.05. The molecule has 4 aromatic carbocycles. The van der Waals surface area contributed by atoms with Crippen molar-refractivity contribution >= 4 is 50.7 Å². The number of pyridine rings is 1. The van der Waals surface area contributed by atoms with Crippen LogP contribution in [0.25, 0.3) is 39.1 Å². The number of hydrogen-bond donors (Lipinski definition) is 0. The van der Waals surface area contributed by atoms with Crippen LogP contribution in [0.15, 0.2) is 192 Å². The summed E-state index contributed by atoms with van der Waals surface area (Å²) in [5.74, 6) is 1.69. The lowest BCUT2D eigenvalue weighted by Gasteiger charge is -2.24. The van der Waals surface area contributed by atoms with Crippen LogP contribution in [0.1, 0.15) is 78.8 Å². The normalized spacial score (nSPS) is 21.4. The highest BCUT2D eigenvalue weighted by Gasteiger charge is 2.23. The SMILES string of the molecule is C=C1CC=Cc2cc(C3C=CC=C(/C(C)=N/C(=N\C(C)C4C=CC(c5cncc6ccccc56)=CC4)c4ccc(C5=c6ccccc6=C6C=CC=CC6C5)cc4)C3)ccc21. The summed E-state index contributed by atoms with van der Waals surface area (Å²) in [6.07, 6.45) is 34.8. The van der Waals surface area contributed by atoms with Gasteiger partial charge in [0, 0.05) is 52.4 Å². The molecule has 0 radical (unpaired) electrons. The highest BCUT2D eigenvalue weighted by Crippen LogP contribution is 2.36. The van der Waals surface area contributed by atoms with Crippen molar-refractivity contribution < 1.29 is 0 Å². The van der Waals surface area contributed by atoms with Gasteiger partial charge in [0.25, 0.3) is 0 Å². The standard InChI is InChI=1S/C57H49N3/c1-37-12-10-17-47-33-46(30-31-50(37)47)45-16-11-15-44(32-45)39(3)60-57(59-38(2)40-22-24-42(25-23-40)56-36-58-35-49-14-5-7-19-52(49)56)43-28-26-41(27-29-43)55-34-48-13-4-6-18-51(48)53-20-8-9-21-54(53)55/h4-11,13-22,24-31,33,35-36,38,40,45,48H,1,12,23,32,34H2,2-3H3/b59-57-,60-39+. The molecular formula is C57H49N3. The predicted octanol–water partition coefficient (Wildman–Crippen LogP) is 12.1. The van der Waals surface area contributed by atoms with Gasteiger partial charge < -0.3 is 0 Å². The third kappa shape index (κ3) is 7.30. The van der Waals surface area contributed by atoms with Gasteiger partial charge in [0.15, 0.2) is 5.84 Å². The largest absolute Gasteiger partial charge is 0.263 e. The Balaban J connectivity index is 0.971. The van der Waals surface area contributed by atoms with E-state index in [0.717, 1.165) is 48.2 Å². The Bertz CT molecular complexity index is 2970. The van der Waals surface area contributed by atoms with Crippen molar-refractivity contribution in [3.05, 3.63) is 226 Å². The lowest BCUT2D eigenvalue weighted by molar-refractivity contribution is 0.541. The maximum absolute atomic E-state index is 5.47. The molecule has 0 saturated heterocycles. The monoisotopic (exact) mass is 775 g/mol. The molecular weight excluding hydrogens is 727 g/mol. The number of rotatable bonds is 7. The first kappa shape index (κ1) is 37.6. The van der Waals surface area contributed by atoms with E-state index in [9.17, 15) is 0 Å². The number of fused-ring (bicyclic) bond motifs is 4. The molecule has 0 aliphatic heterocycles. The van der Waals surface area contributed by atoms with Crippen LogP contribution in [0.4, 0.5) is 0 Å². The summed E-state index contributed by atoms with van der Waals surface area (Å²) in [6, 6.07) is 33.3. The first-order chi connectivity index (χ1) is 29.5. The summed E-state index contributed by atoms with van der Waals surface area (Å²) in [4.78, 5) is 15.4. The summed E-state index contributed by atoms with van der Waals surface area (Å²) in [6.45, 7) is 8.68. The molecule has 5 aliphatic carbocycles. The molecule has 5 aliphatic rings. The van der Waals surface area contributed by atoms with E-state index in [0.29, 0.717) is 5.92 Å². The fourth-order valence-electron chi connectivity index (χ4n) is 9.59. The van der Waals surface area contributed by atoms with Gasteiger partial charge >= 0.3 is 0 Å². The minimum atomic E-state index is 0.0156.